The Balaban J connectivity index is 1.73. The van der Waals surface area contributed by atoms with E-state index in [1.165, 1.54) is 0 Å². The lowest BCUT2D eigenvalue weighted by molar-refractivity contribution is -0.115. The standard InChI is InChI=1S/C20H17ClN4O3/c1-27-13-4-5-14-16(9-13)24-18(26)7-11-10-22-20(25-19(11)14)23-12-3-6-17(28-2)15(21)8-12/h3-6,8-10H,7H2,1-2H3,(H,24,26)(H,22,23,25). The maximum atomic E-state index is 12.2. The smallest absolute Gasteiger partial charge is 0.228 e. The van der Waals surface area contributed by atoms with Gasteiger partial charge in [0.25, 0.3) is 0 Å². The van der Waals surface area contributed by atoms with Crippen LogP contribution in [0.2, 0.25) is 5.02 Å². The quantitative estimate of drug-likeness (QED) is 0.692. The number of methoxy groups -OCH3 is 2. The number of fused-ring (bicyclic) bond motifs is 3. The van der Waals surface area contributed by atoms with Gasteiger partial charge in [-0.1, -0.05) is 11.6 Å². The lowest BCUT2D eigenvalue weighted by Crippen LogP contribution is -2.12. The van der Waals surface area contributed by atoms with Crippen molar-refractivity contribution >= 4 is 34.8 Å². The molecule has 0 saturated heterocycles. The second kappa shape index (κ2) is 7.36. The van der Waals surface area contributed by atoms with E-state index in [1.807, 2.05) is 18.2 Å². The maximum Gasteiger partial charge on any atom is 0.228 e. The average molecular weight is 397 g/mol. The third kappa shape index (κ3) is 3.44. The molecule has 0 fully saturated rings. The van der Waals surface area contributed by atoms with Crippen LogP contribution in [0.1, 0.15) is 5.56 Å². The van der Waals surface area contributed by atoms with Gasteiger partial charge >= 0.3 is 0 Å². The predicted octanol–water partition coefficient (Wildman–Crippen LogP) is 4.05. The van der Waals surface area contributed by atoms with E-state index < -0.39 is 0 Å². The highest BCUT2D eigenvalue weighted by atomic mass is 35.5. The van der Waals surface area contributed by atoms with Crippen LogP contribution in [-0.2, 0) is 11.2 Å². The Morgan fingerprint density at radius 3 is 2.75 bits per heavy atom. The largest absolute Gasteiger partial charge is 0.497 e. The molecule has 0 saturated carbocycles. The zero-order chi connectivity index (χ0) is 19.7. The molecule has 1 amide bonds. The summed E-state index contributed by atoms with van der Waals surface area (Å²) in [4.78, 5) is 21.2. The van der Waals surface area contributed by atoms with E-state index in [2.05, 4.69) is 20.6 Å². The first kappa shape index (κ1) is 18.1. The number of ether oxygens (including phenoxy) is 2. The SMILES string of the molecule is COc1ccc2c(c1)NC(=O)Cc1cnc(Nc3ccc(OC)c(Cl)c3)nc1-2. The molecule has 7 nitrogen and oxygen atoms in total. The molecule has 8 heteroatoms. The molecule has 2 aromatic carbocycles. The molecule has 1 aromatic heterocycles. The lowest BCUT2D eigenvalue weighted by Gasteiger charge is -2.12. The van der Waals surface area contributed by atoms with E-state index in [9.17, 15) is 4.79 Å². The van der Waals surface area contributed by atoms with Crippen LogP contribution in [0.15, 0.2) is 42.6 Å². The average Bonchev–Trinajstić information content (AvgIpc) is 2.82. The fraction of sp³-hybridized carbons (Fsp3) is 0.150. The molecule has 0 aliphatic carbocycles. The Labute approximate surface area is 166 Å². The maximum absolute atomic E-state index is 12.2. The summed E-state index contributed by atoms with van der Waals surface area (Å²) < 4.78 is 10.4. The van der Waals surface area contributed by atoms with Gasteiger partial charge in [0, 0.05) is 29.1 Å². The van der Waals surface area contributed by atoms with E-state index in [1.54, 1.807) is 38.6 Å². The molecule has 0 atom stereocenters. The Morgan fingerprint density at radius 2 is 2.00 bits per heavy atom. The summed E-state index contributed by atoms with van der Waals surface area (Å²) in [7, 11) is 3.14. The van der Waals surface area contributed by atoms with Crippen LogP contribution in [0.4, 0.5) is 17.3 Å². The Bertz CT molecular complexity index is 1070. The van der Waals surface area contributed by atoms with Crippen molar-refractivity contribution in [1.29, 1.82) is 0 Å². The molecule has 2 heterocycles. The highest BCUT2D eigenvalue weighted by Gasteiger charge is 2.21. The summed E-state index contributed by atoms with van der Waals surface area (Å²) in [6, 6.07) is 10.8. The number of halogens is 1. The molecule has 28 heavy (non-hydrogen) atoms. The molecular formula is C20H17ClN4O3. The van der Waals surface area contributed by atoms with Crippen molar-refractivity contribution in [3.8, 4) is 22.8 Å². The van der Waals surface area contributed by atoms with Crippen molar-refractivity contribution in [3.63, 3.8) is 0 Å². The summed E-state index contributed by atoms with van der Waals surface area (Å²) in [5, 5.41) is 6.51. The number of anilines is 3. The van der Waals surface area contributed by atoms with E-state index >= 15 is 0 Å². The monoisotopic (exact) mass is 396 g/mol. The third-order valence-electron chi connectivity index (χ3n) is 4.38. The molecule has 142 valence electrons. The van der Waals surface area contributed by atoms with Crippen molar-refractivity contribution in [2.75, 3.05) is 24.9 Å². The second-order valence-electron chi connectivity index (χ2n) is 6.18. The van der Waals surface area contributed by atoms with Gasteiger partial charge in [0.2, 0.25) is 11.9 Å². The number of carbonyl (C=O) groups excluding carboxylic acids is 1. The molecule has 2 N–H and O–H groups in total. The van der Waals surface area contributed by atoms with Gasteiger partial charge in [-0.05, 0) is 30.3 Å². The van der Waals surface area contributed by atoms with Crippen molar-refractivity contribution < 1.29 is 14.3 Å². The number of carbonyl (C=O) groups is 1. The van der Waals surface area contributed by atoms with E-state index in [-0.39, 0.29) is 12.3 Å². The number of nitrogens with one attached hydrogen (secondary N) is 2. The Kier molecular flexibility index (Phi) is 4.75. The normalized spacial score (nSPS) is 12.3. The minimum atomic E-state index is -0.125. The number of aromatic nitrogens is 2. The van der Waals surface area contributed by atoms with Crippen LogP contribution in [0.5, 0.6) is 11.5 Å². The van der Waals surface area contributed by atoms with Crippen LogP contribution < -0.4 is 20.1 Å². The van der Waals surface area contributed by atoms with Gasteiger partial charge < -0.3 is 20.1 Å². The van der Waals surface area contributed by atoms with Gasteiger partial charge in [0.15, 0.2) is 0 Å². The summed E-state index contributed by atoms with van der Waals surface area (Å²) in [5.74, 6) is 1.51. The molecule has 3 aromatic rings. The Hall–Kier alpha value is -3.32. The van der Waals surface area contributed by atoms with Gasteiger partial charge in [-0.3, -0.25) is 4.79 Å². The molecule has 0 unspecified atom stereocenters. The number of hydrogen-bond donors (Lipinski definition) is 2. The minimum Gasteiger partial charge on any atom is -0.497 e. The van der Waals surface area contributed by atoms with Gasteiger partial charge in [-0.2, -0.15) is 0 Å². The van der Waals surface area contributed by atoms with Gasteiger partial charge in [0.1, 0.15) is 11.5 Å². The van der Waals surface area contributed by atoms with Crippen LogP contribution >= 0.6 is 11.6 Å². The predicted molar refractivity (Wildman–Crippen MR) is 108 cm³/mol. The Morgan fingerprint density at radius 1 is 1.14 bits per heavy atom. The first-order valence-corrected chi connectivity index (χ1v) is 8.90. The summed E-state index contributed by atoms with van der Waals surface area (Å²) in [6.45, 7) is 0. The van der Waals surface area contributed by atoms with E-state index in [0.29, 0.717) is 33.9 Å². The first-order valence-electron chi connectivity index (χ1n) is 8.52. The number of benzene rings is 2. The third-order valence-corrected chi connectivity index (χ3v) is 4.67. The van der Waals surface area contributed by atoms with Gasteiger partial charge in [-0.15, -0.1) is 0 Å². The van der Waals surface area contributed by atoms with Crippen molar-refractivity contribution in [3.05, 3.63) is 53.2 Å². The molecule has 4 rings (SSSR count). The summed E-state index contributed by atoms with van der Waals surface area (Å²) in [6.07, 6.45) is 1.86. The van der Waals surface area contributed by atoms with Crippen LogP contribution in [0.25, 0.3) is 11.3 Å². The van der Waals surface area contributed by atoms with E-state index in [4.69, 9.17) is 21.1 Å². The highest BCUT2D eigenvalue weighted by molar-refractivity contribution is 6.32. The number of nitrogens with zero attached hydrogens (tertiary/aromatic N) is 2. The molecule has 1 aliphatic rings. The zero-order valence-corrected chi connectivity index (χ0v) is 16.0. The van der Waals surface area contributed by atoms with Gasteiger partial charge in [-0.25, -0.2) is 9.97 Å². The zero-order valence-electron chi connectivity index (χ0n) is 15.2. The fourth-order valence-corrected chi connectivity index (χ4v) is 3.29. The van der Waals surface area contributed by atoms with Crippen molar-refractivity contribution in [2.45, 2.75) is 6.42 Å². The minimum absolute atomic E-state index is 0.125. The van der Waals surface area contributed by atoms with Gasteiger partial charge in [0.05, 0.1) is 37.0 Å². The van der Waals surface area contributed by atoms with E-state index in [0.717, 1.165) is 16.8 Å². The summed E-state index contributed by atoms with van der Waals surface area (Å²) >= 11 is 6.18. The molecule has 1 aliphatic heterocycles. The lowest BCUT2D eigenvalue weighted by atomic mass is 10.0. The highest BCUT2D eigenvalue weighted by Crippen LogP contribution is 2.36. The molecule has 0 radical (unpaired) electrons. The number of amides is 1. The molecule has 0 bridgehead atoms. The topological polar surface area (TPSA) is 85.4 Å². The second-order valence-corrected chi connectivity index (χ2v) is 6.59. The van der Waals surface area contributed by atoms with Crippen molar-refractivity contribution in [1.82, 2.24) is 9.97 Å². The summed E-state index contributed by atoms with van der Waals surface area (Å²) in [5.41, 5.74) is 3.62. The van der Waals surface area contributed by atoms with Crippen LogP contribution in [0, 0.1) is 0 Å². The number of rotatable bonds is 4. The molecular weight excluding hydrogens is 380 g/mol. The van der Waals surface area contributed by atoms with Crippen LogP contribution in [0.3, 0.4) is 0 Å². The van der Waals surface area contributed by atoms with Crippen LogP contribution in [-0.4, -0.2) is 30.1 Å². The van der Waals surface area contributed by atoms with Crippen molar-refractivity contribution in [2.24, 2.45) is 0 Å². The fourth-order valence-electron chi connectivity index (χ4n) is 3.03. The molecule has 0 spiro atoms. The number of hydrogen-bond acceptors (Lipinski definition) is 6. The first-order chi connectivity index (χ1) is 13.6.